The number of aromatic amines is 1. The number of carbonyl (C=O) groups is 1. The SMILES string of the molecule is Cc1nc2ccc(CNC(=O)C(O)CCc3ccccc3)cc2[nH]1. The lowest BCUT2D eigenvalue weighted by Gasteiger charge is -2.11. The second-order valence-electron chi connectivity index (χ2n) is 5.93. The second kappa shape index (κ2) is 7.27. The number of aryl methyl sites for hydroxylation is 2. The number of carbonyl (C=O) groups excluding carboxylic acids is 1. The van der Waals surface area contributed by atoms with Crippen molar-refractivity contribution in [1.82, 2.24) is 15.3 Å². The molecule has 3 aromatic rings. The first-order valence-electron chi connectivity index (χ1n) is 8.07. The first-order valence-corrected chi connectivity index (χ1v) is 8.07. The molecule has 0 saturated carbocycles. The van der Waals surface area contributed by atoms with Crippen LogP contribution in [0.2, 0.25) is 0 Å². The van der Waals surface area contributed by atoms with E-state index in [2.05, 4.69) is 15.3 Å². The van der Waals surface area contributed by atoms with Crippen molar-refractivity contribution in [2.45, 2.75) is 32.4 Å². The number of aliphatic hydroxyl groups excluding tert-OH is 1. The Morgan fingerprint density at radius 2 is 2.00 bits per heavy atom. The van der Waals surface area contributed by atoms with Gasteiger partial charge in [0.05, 0.1) is 11.0 Å². The third-order valence-corrected chi connectivity index (χ3v) is 3.98. The van der Waals surface area contributed by atoms with Crippen LogP contribution in [-0.4, -0.2) is 27.1 Å². The minimum atomic E-state index is -0.997. The molecule has 1 heterocycles. The van der Waals surface area contributed by atoms with E-state index in [-0.39, 0.29) is 5.91 Å². The number of nitrogens with zero attached hydrogens (tertiary/aromatic N) is 1. The van der Waals surface area contributed by atoms with Crippen LogP contribution >= 0.6 is 0 Å². The molecule has 1 atom stereocenters. The van der Waals surface area contributed by atoms with Gasteiger partial charge in [0.1, 0.15) is 11.9 Å². The molecule has 0 spiro atoms. The Kier molecular flexibility index (Phi) is 4.91. The van der Waals surface area contributed by atoms with E-state index in [1.165, 1.54) is 0 Å². The van der Waals surface area contributed by atoms with E-state index in [0.29, 0.717) is 19.4 Å². The van der Waals surface area contributed by atoms with E-state index in [9.17, 15) is 9.90 Å². The number of aliphatic hydroxyl groups is 1. The number of rotatable bonds is 6. The predicted molar refractivity (Wildman–Crippen MR) is 93.4 cm³/mol. The average Bonchev–Trinajstić information content (AvgIpc) is 2.97. The number of fused-ring (bicyclic) bond motifs is 1. The number of nitrogens with one attached hydrogen (secondary N) is 2. The van der Waals surface area contributed by atoms with Crippen molar-refractivity contribution < 1.29 is 9.90 Å². The number of amides is 1. The zero-order chi connectivity index (χ0) is 16.9. The van der Waals surface area contributed by atoms with Gasteiger partial charge < -0.3 is 15.4 Å². The van der Waals surface area contributed by atoms with E-state index in [1.807, 2.05) is 55.5 Å². The Balaban J connectivity index is 1.51. The summed E-state index contributed by atoms with van der Waals surface area (Å²) in [6.45, 7) is 2.29. The van der Waals surface area contributed by atoms with Crippen molar-refractivity contribution in [2.24, 2.45) is 0 Å². The fourth-order valence-electron chi connectivity index (χ4n) is 2.68. The summed E-state index contributed by atoms with van der Waals surface area (Å²) >= 11 is 0. The normalized spacial score (nSPS) is 12.2. The predicted octanol–water partition coefficient (Wildman–Crippen LogP) is 2.48. The lowest BCUT2D eigenvalue weighted by molar-refractivity contribution is -0.129. The number of aromatic nitrogens is 2. The molecule has 0 saturated heterocycles. The van der Waals surface area contributed by atoms with Crippen LogP contribution in [0.1, 0.15) is 23.4 Å². The van der Waals surface area contributed by atoms with Gasteiger partial charge in [-0.2, -0.15) is 0 Å². The lowest BCUT2D eigenvalue weighted by atomic mass is 10.1. The van der Waals surface area contributed by atoms with E-state index >= 15 is 0 Å². The first kappa shape index (κ1) is 16.2. The smallest absolute Gasteiger partial charge is 0.249 e. The zero-order valence-electron chi connectivity index (χ0n) is 13.6. The Labute approximate surface area is 140 Å². The summed E-state index contributed by atoms with van der Waals surface area (Å²) in [4.78, 5) is 19.5. The average molecular weight is 323 g/mol. The molecule has 5 heteroatoms. The summed E-state index contributed by atoms with van der Waals surface area (Å²) in [5.74, 6) is 0.523. The van der Waals surface area contributed by atoms with Crippen LogP contribution in [0.3, 0.4) is 0 Å². The highest BCUT2D eigenvalue weighted by atomic mass is 16.3. The van der Waals surface area contributed by atoms with Crippen molar-refractivity contribution in [3.8, 4) is 0 Å². The van der Waals surface area contributed by atoms with Crippen molar-refractivity contribution in [2.75, 3.05) is 0 Å². The summed E-state index contributed by atoms with van der Waals surface area (Å²) < 4.78 is 0. The molecular weight excluding hydrogens is 302 g/mol. The van der Waals surface area contributed by atoms with Gasteiger partial charge in [0, 0.05) is 6.54 Å². The topological polar surface area (TPSA) is 78.0 Å². The van der Waals surface area contributed by atoms with Gasteiger partial charge >= 0.3 is 0 Å². The Morgan fingerprint density at radius 3 is 2.79 bits per heavy atom. The van der Waals surface area contributed by atoms with Gasteiger partial charge in [0.2, 0.25) is 5.91 Å². The van der Waals surface area contributed by atoms with Crippen LogP contribution in [0.4, 0.5) is 0 Å². The minimum Gasteiger partial charge on any atom is -0.383 e. The summed E-state index contributed by atoms with van der Waals surface area (Å²) in [5, 5.41) is 12.8. The lowest BCUT2D eigenvalue weighted by Crippen LogP contribution is -2.34. The molecule has 5 nitrogen and oxygen atoms in total. The molecule has 2 aromatic carbocycles. The first-order chi connectivity index (χ1) is 11.6. The molecule has 3 N–H and O–H groups in total. The number of hydrogen-bond donors (Lipinski definition) is 3. The van der Waals surface area contributed by atoms with Gasteiger partial charge in [-0.1, -0.05) is 36.4 Å². The fraction of sp³-hybridized carbons (Fsp3) is 0.263. The standard InChI is InChI=1S/C19H21N3O2/c1-13-21-16-9-7-15(11-17(16)22-13)12-20-19(24)18(23)10-8-14-5-3-2-4-6-14/h2-7,9,11,18,23H,8,10,12H2,1H3,(H,20,24)(H,21,22). The molecule has 0 aliphatic heterocycles. The monoisotopic (exact) mass is 323 g/mol. The molecule has 0 bridgehead atoms. The molecule has 0 aliphatic rings. The van der Waals surface area contributed by atoms with Crippen LogP contribution in [-0.2, 0) is 17.8 Å². The second-order valence-corrected chi connectivity index (χ2v) is 5.93. The molecule has 0 fully saturated rings. The van der Waals surface area contributed by atoms with Crippen molar-refractivity contribution in [3.05, 3.63) is 65.5 Å². The maximum absolute atomic E-state index is 12.0. The Bertz CT molecular complexity index is 827. The van der Waals surface area contributed by atoms with Gasteiger partial charge in [0.25, 0.3) is 0 Å². The van der Waals surface area contributed by atoms with Crippen LogP contribution in [0.15, 0.2) is 48.5 Å². The van der Waals surface area contributed by atoms with Crippen molar-refractivity contribution in [3.63, 3.8) is 0 Å². The van der Waals surface area contributed by atoms with Crippen LogP contribution < -0.4 is 5.32 Å². The Morgan fingerprint density at radius 1 is 1.21 bits per heavy atom. The molecule has 1 unspecified atom stereocenters. The minimum absolute atomic E-state index is 0.341. The molecule has 1 aromatic heterocycles. The highest BCUT2D eigenvalue weighted by Gasteiger charge is 2.14. The molecule has 3 rings (SSSR count). The number of imidazole rings is 1. The molecule has 0 aliphatic carbocycles. The summed E-state index contributed by atoms with van der Waals surface area (Å²) in [7, 11) is 0. The third-order valence-electron chi connectivity index (χ3n) is 3.98. The van der Waals surface area contributed by atoms with Gasteiger partial charge in [-0.05, 0) is 43.0 Å². The molecule has 124 valence electrons. The number of hydrogen-bond acceptors (Lipinski definition) is 3. The van der Waals surface area contributed by atoms with Crippen LogP contribution in [0.5, 0.6) is 0 Å². The molecular formula is C19H21N3O2. The highest BCUT2D eigenvalue weighted by Crippen LogP contribution is 2.13. The van der Waals surface area contributed by atoms with E-state index in [1.54, 1.807) is 0 Å². The third kappa shape index (κ3) is 4.00. The molecule has 24 heavy (non-hydrogen) atoms. The zero-order valence-corrected chi connectivity index (χ0v) is 13.6. The number of H-pyrrole nitrogens is 1. The van der Waals surface area contributed by atoms with Gasteiger partial charge in [0.15, 0.2) is 0 Å². The van der Waals surface area contributed by atoms with Crippen LogP contribution in [0, 0.1) is 6.92 Å². The number of benzene rings is 2. The van der Waals surface area contributed by atoms with Crippen molar-refractivity contribution in [1.29, 1.82) is 0 Å². The fourth-order valence-corrected chi connectivity index (χ4v) is 2.68. The van der Waals surface area contributed by atoms with Gasteiger partial charge in [-0.15, -0.1) is 0 Å². The molecule has 1 amide bonds. The van der Waals surface area contributed by atoms with Crippen molar-refractivity contribution >= 4 is 16.9 Å². The van der Waals surface area contributed by atoms with Gasteiger partial charge in [-0.25, -0.2) is 4.98 Å². The summed E-state index contributed by atoms with van der Waals surface area (Å²) in [6, 6.07) is 15.7. The summed E-state index contributed by atoms with van der Waals surface area (Å²) in [6.07, 6.45) is 0.0898. The van der Waals surface area contributed by atoms with Gasteiger partial charge in [-0.3, -0.25) is 4.79 Å². The Hall–Kier alpha value is -2.66. The summed E-state index contributed by atoms with van der Waals surface area (Å²) in [5.41, 5.74) is 3.94. The molecule has 0 radical (unpaired) electrons. The highest BCUT2D eigenvalue weighted by molar-refractivity contribution is 5.81. The quantitative estimate of drug-likeness (QED) is 0.652. The maximum Gasteiger partial charge on any atom is 0.249 e. The largest absolute Gasteiger partial charge is 0.383 e. The maximum atomic E-state index is 12.0. The van der Waals surface area contributed by atoms with E-state index < -0.39 is 6.10 Å². The van der Waals surface area contributed by atoms with E-state index in [0.717, 1.165) is 28.0 Å². The van der Waals surface area contributed by atoms with E-state index in [4.69, 9.17) is 0 Å². The van der Waals surface area contributed by atoms with Crippen LogP contribution in [0.25, 0.3) is 11.0 Å².